The minimum atomic E-state index is -4.43. The molecule has 2 N–H and O–H groups in total. The summed E-state index contributed by atoms with van der Waals surface area (Å²) in [6.45, 7) is 1.42. The summed E-state index contributed by atoms with van der Waals surface area (Å²) in [7, 11) is 0. The van der Waals surface area contributed by atoms with E-state index in [0.717, 1.165) is 28.9 Å². The van der Waals surface area contributed by atoms with Gasteiger partial charge in [0.1, 0.15) is 12.4 Å². The van der Waals surface area contributed by atoms with Gasteiger partial charge in [-0.15, -0.1) is 0 Å². The lowest BCUT2D eigenvalue weighted by atomic mass is 9.93. The molecule has 2 atom stereocenters. The Morgan fingerprint density at radius 2 is 2.11 bits per heavy atom. The number of aromatic amines is 1. The van der Waals surface area contributed by atoms with Crippen LogP contribution < -0.4 is 5.32 Å². The van der Waals surface area contributed by atoms with Crippen LogP contribution in [0.1, 0.15) is 25.1 Å². The topological polar surface area (TPSA) is 78.3 Å². The molecule has 0 radical (unpaired) electrons. The van der Waals surface area contributed by atoms with Crippen molar-refractivity contribution in [3.05, 3.63) is 30.5 Å². The molecule has 1 aliphatic rings. The van der Waals surface area contributed by atoms with Crippen molar-refractivity contribution in [3.63, 3.8) is 0 Å². The molecule has 0 saturated carbocycles. The smallest absolute Gasteiger partial charge is 0.345 e. The van der Waals surface area contributed by atoms with E-state index >= 15 is 0 Å². The fraction of sp³-hybridized carbons (Fsp3) is 0.471. The normalized spacial score (nSPS) is 20.7. The van der Waals surface area contributed by atoms with E-state index in [1.165, 1.54) is 4.90 Å². The molecule has 144 valence electrons. The van der Waals surface area contributed by atoms with Crippen LogP contribution in [0.15, 0.2) is 24.7 Å². The van der Waals surface area contributed by atoms with Gasteiger partial charge in [-0.1, -0.05) is 13.3 Å². The molecule has 0 aromatic carbocycles. The van der Waals surface area contributed by atoms with Gasteiger partial charge in [-0.25, -0.2) is 14.8 Å². The highest BCUT2D eigenvalue weighted by Crippen LogP contribution is 2.35. The molecule has 2 amide bonds. The second-order valence-corrected chi connectivity index (χ2v) is 6.80. The largest absolute Gasteiger partial charge is 0.405 e. The molecule has 3 aromatic rings. The first-order chi connectivity index (χ1) is 12.9. The number of halogens is 3. The summed E-state index contributed by atoms with van der Waals surface area (Å²) in [5.41, 5.74) is 2.45. The van der Waals surface area contributed by atoms with Crippen molar-refractivity contribution in [2.24, 2.45) is 5.92 Å². The monoisotopic (exact) mass is 380 g/mol. The Bertz CT molecular complexity index is 978. The van der Waals surface area contributed by atoms with Crippen molar-refractivity contribution < 1.29 is 18.0 Å². The Balaban J connectivity index is 1.63. The number of urea groups is 1. The summed E-state index contributed by atoms with van der Waals surface area (Å²) in [6.07, 6.45) is 1.62. The number of imidazole rings is 1. The Morgan fingerprint density at radius 3 is 2.85 bits per heavy atom. The third-order valence-corrected chi connectivity index (χ3v) is 5.11. The lowest BCUT2D eigenvalue weighted by molar-refractivity contribution is -0.123. The third-order valence-electron chi connectivity index (χ3n) is 5.11. The molecule has 27 heavy (non-hydrogen) atoms. The van der Waals surface area contributed by atoms with Gasteiger partial charge in [0.05, 0.1) is 23.4 Å². The average Bonchev–Trinajstić information content (AvgIpc) is 3.33. The standard InChI is InChI=1S/C17H19F3N6O/c1-2-10-7-25(16(27)24-9-17(18,19)20)8-12(10)15-23-6-11-5-22-14-13(26(11)15)3-4-21-14/h3-6,10,12,21H,2,7-9H2,1H3,(H,24,27). The molecule has 1 saturated heterocycles. The highest BCUT2D eigenvalue weighted by atomic mass is 19.4. The van der Waals surface area contributed by atoms with Gasteiger partial charge in [0.25, 0.3) is 0 Å². The summed E-state index contributed by atoms with van der Waals surface area (Å²) < 4.78 is 39.2. The molecular formula is C17H19F3N6O. The first-order valence-corrected chi connectivity index (χ1v) is 8.76. The van der Waals surface area contributed by atoms with E-state index in [2.05, 4.69) is 15.0 Å². The van der Waals surface area contributed by atoms with E-state index in [0.29, 0.717) is 13.1 Å². The van der Waals surface area contributed by atoms with Gasteiger partial charge in [-0.3, -0.25) is 4.40 Å². The first-order valence-electron chi connectivity index (χ1n) is 8.76. The number of carbonyl (C=O) groups excluding carboxylic acids is 1. The fourth-order valence-corrected chi connectivity index (χ4v) is 3.79. The number of aromatic nitrogens is 4. The van der Waals surface area contributed by atoms with Crippen LogP contribution in [0.5, 0.6) is 0 Å². The van der Waals surface area contributed by atoms with Crippen LogP contribution in [0.2, 0.25) is 0 Å². The van der Waals surface area contributed by atoms with Crippen LogP contribution in [-0.4, -0.2) is 56.1 Å². The molecule has 2 unspecified atom stereocenters. The molecule has 4 rings (SSSR count). The van der Waals surface area contributed by atoms with Crippen molar-refractivity contribution in [1.82, 2.24) is 29.6 Å². The van der Waals surface area contributed by atoms with E-state index < -0.39 is 18.8 Å². The van der Waals surface area contributed by atoms with Crippen LogP contribution >= 0.6 is 0 Å². The maximum atomic E-state index is 12.4. The number of nitrogens with zero attached hydrogens (tertiary/aromatic N) is 4. The van der Waals surface area contributed by atoms with E-state index in [4.69, 9.17) is 0 Å². The lowest BCUT2D eigenvalue weighted by Crippen LogP contribution is -2.42. The van der Waals surface area contributed by atoms with Gasteiger partial charge >= 0.3 is 12.2 Å². The van der Waals surface area contributed by atoms with Crippen LogP contribution in [0.3, 0.4) is 0 Å². The second-order valence-electron chi connectivity index (χ2n) is 6.80. The Hall–Kier alpha value is -2.78. The molecule has 0 aliphatic carbocycles. The molecule has 0 bridgehead atoms. The van der Waals surface area contributed by atoms with E-state index in [1.54, 1.807) is 18.6 Å². The van der Waals surface area contributed by atoms with Crippen LogP contribution in [0.25, 0.3) is 16.7 Å². The number of carbonyl (C=O) groups is 1. The highest BCUT2D eigenvalue weighted by molar-refractivity contribution is 5.76. The predicted octanol–water partition coefficient (Wildman–Crippen LogP) is 2.91. The summed E-state index contributed by atoms with van der Waals surface area (Å²) in [6, 6.07) is 1.21. The minimum absolute atomic E-state index is 0.0605. The molecule has 7 nitrogen and oxygen atoms in total. The zero-order chi connectivity index (χ0) is 19.2. The van der Waals surface area contributed by atoms with Gasteiger partial charge in [-0.2, -0.15) is 13.2 Å². The number of hydrogen-bond donors (Lipinski definition) is 2. The summed E-state index contributed by atoms with van der Waals surface area (Å²) in [5, 5.41) is 1.96. The van der Waals surface area contributed by atoms with Gasteiger partial charge in [0, 0.05) is 25.2 Å². The lowest BCUT2D eigenvalue weighted by Gasteiger charge is -2.18. The maximum absolute atomic E-state index is 12.4. The minimum Gasteiger partial charge on any atom is -0.345 e. The van der Waals surface area contributed by atoms with Gasteiger partial charge in [0.15, 0.2) is 5.65 Å². The summed E-state index contributed by atoms with van der Waals surface area (Å²) in [5.74, 6) is 0.860. The number of alkyl halides is 3. The zero-order valence-electron chi connectivity index (χ0n) is 14.6. The molecule has 3 aromatic heterocycles. The number of rotatable bonds is 3. The van der Waals surface area contributed by atoms with Crippen molar-refractivity contribution >= 4 is 22.7 Å². The van der Waals surface area contributed by atoms with Gasteiger partial charge in [-0.05, 0) is 12.0 Å². The van der Waals surface area contributed by atoms with E-state index in [9.17, 15) is 18.0 Å². The highest BCUT2D eigenvalue weighted by Gasteiger charge is 2.38. The van der Waals surface area contributed by atoms with Crippen molar-refractivity contribution in [2.45, 2.75) is 25.4 Å². The Kier molecular flexibility index (Phi) is 4.20. The SMILES string of the molecule is CCC1CN(C(=O)NCC(F)(F)F)CC1c1ncc2cnc3[nH]ccc3n12. The molecule has 0 spiro atoms. The Labute approximate surface area is 152 Å². The number of hydrogen-bond acceptors (Lipinski definition) is 3. The molecule has 1 fully saturated rings. The number of amides is 2. The van der Waals surface area contributed by atoms with Gasteiger partial charge in [0.2, 0.25) is 0 Å². The number of fused-ring (bicyclic) bond motifs is 3. The Morgan fingerprint density at radius 1 is 1.33 bits per heavy atom. The fourth-order valence-electron chi connectivity index (χ4n) is 3.79. The summed E-state index contributed by atoms with van der Waals surface area (Å²) >= 11 is 0. The number of nitrogens with one attached hydrogen (secondary N) is 2. The quantitative estimate of drug-likeness (QED) is 0.733. The maximum Gasteiger partial charge on any atom is 0.405 e. The van der Waals surface area contributed by atoms with Crippen molar-refractivity contribution in [3.8, 4) is 0 Å². The molecule has 1 aliphatic heterocycles. The van der Waals surface area contributed by atoms with Crippen molar-refractivity contribution in [1.29, 1.82) is 0 Å². The number of likely N-dealkylation sites (tertiary alicyclic amines) is 1. The summed E-state index contributed by atoms with van der Waals surface area (Å²) in [4.78, 5) is 25.6. The van der Waals surface area contributed by atoms with Crippen LogP contribution in [0, 0.1) is 5.92 Å². The third kappa shape index (κ3) is 3.19. The molecule has 10 heteroatoms. The van der Waals surface area contributed by atoms with Gasteiger partial charge < -0.3 is 15.2 Å². The molecular weight excluding hydrogens is 361 g/mol. The van der Waals surface area contributed by atoms with E-state index in [-0.39, 0.29) is 11.8 Å². The zero-order valence-corrected chi connectivity index (χ0v) is 14.6. The van der Waals surface area contributed by atoms with Crippen LogP contribution in [-0.2, 0) is 0 Å². The van der Waals surface area contributed by atoms with Crippen molar-refractivity contribution in [2.75, 3.05) is 19.6 Å². The number of H-pyrrole nitrogens is 1. The van der Waals surface area contributed by atoms with E-state index in [1.807, 2.05) is 22.7 Å². The predicted molar refractivity (Wildman–Crippen MR) is 92.4 cm³/mol. The molecule has 4 heterocycles. The van der Waals surface area contributed by atoms with Crippen LogP contribution in [0.4, 0.5) is 18.0 Å². The first kappa shape index (κ1) is 17.6. The average molecular weight is 380 g/mol. The second kappa shape index (κ2) is 6.43.